The van der Waals surface area contributed by atoms with Crippen LogP contribution in [0.25, 0.3) is 0 Å². The Balaban J connectivity index is 1.99. The quantitative estimate of drug-likeness (QED) is 0.805. The average molecular weight is 237 g/mol. The molecule has 1 fully saturated rings. The second kappa shape index (κ2) is 4.10. The predicted octanol–water partition coefficient (Wildman–Crippen LogP) is 0.0927. The van der Waals surface area contributed by atoms with E-state index in [1.807, 2.05) is 20.9 Å². The number of carbonyl (C=O) groups excluding carboxylic acids is 1. The van der Waals surface area contributed by atoms with E-state index < -0.39 is 5.54 Å². The maximum atomic E-state index is 11.9. The van der Waals surface area contributed by atoms with Crippen LogP contribution >= 0.6 is 0 Å². The van der Waals surface area contributed by atoms with Crippen molar-refractivity contribution >= 4 is 5.91 Å². The maximum absolute atomic E-state index is 11.9. The molecule has 2 N–H and O–H groups in total. The summed E-state index contributed by atoms with van der Waals surface area (Å²) in [5.41, 5.74) is 6.08. The fourth-order valence-electron chi connectivity index (χ4n) is 1.59. The van der Waals surface area contributed by atoms with Gasteiger partial charge >= 0.3 is 0 Å². The highest BCUT2D eigenvalue weighted by molar-refractivity contribution is 5.76. The lowest BCUT2D eigenvalue weighted by atomic mass is 10.0. The predicted molar refractivity (Wildman–Crippen MR) is 63.0 cm³/mol. The summed E-state index contributed by atoms with van der Waals surface area (Å²) in [5.74, 6) is 0.0683. The monoisotopic (exact) mass is 237 g/mol. The fraction of sp³-hybridized carbons (Fsp3) is 0.727. The highest BCUT2D eigenvalue weighted by Crippen LogP contribution is 2.25. The van der Waals surface area contributed by atoms with Gasteiger partial charge in [-0.2, -0.15) is 0 Å². The lowest BCUT2D eigenvalue weighted by molar-refractivity contribution is -0.131. The molecule has 0 unspecified atom stereocenters. The largest absolute Gasteiger partial charge is 0.341 e. The maximum Gasteiger partial charge on any atom is 0.244 e. The Morgan fingerprint density at radius 3 is 2.76 bits per heavy atom. The van der Waals surface area contributed by atoms with Gasteiger partial charge in [0.2, 0.25) is 5.91 Å². The van der Waals surface area contributed by atoms with Crippen LogP contribution in [0.15, 0.2) is 6.20 Å². The van der Waals surface area contributed by atoms with Crippen LogP contribution < -0.4 is 5.73 Å². The molecule has 1 aliphatic rings. The Kier molecular flexibility index (Phi) is 2.91. The molecule has 0 radical (unpaired) electrons. The molecule has 6 heteroatoms. The lowest BCUT2D eigenvalue weighted by Gasteiger charge is -2.16. The molecule has 2 rings (SSSR count). The van der Waals surface area contributed by atoms with Gasteiger partial charge in [0.1, 0.15) is 12.2 Å². The first kappa shape index (κ1) is 12.0. The molecule has 1 amide bonds. The van der Waals surface area contributed by atoms with E-state index >= 15 is 0 Å². The minimum Gasteiger partial charge on any atom is -0.341 e. The van der Waals surface area contributed by atoms with E-state index in [2.05, 4.69) is 10.3 Å². The normalized spacial score (nSPS) is 16.0. The van der Waals surface area contributed by atoms with Crippen molar-refractivity contribution in [3.63, 3.8) is 0 Å². The molecule has 94 valence electrons. The summed E-state index contributed by atoms with van der Waals surface area (Å²) >= 11 is 0. The van der Waals surface area contributed by atoms with Gasteiger partial charge in [-0.05, 0) is 26.7 Å². The standard InChI is InChI=1S/C11H19N5O/c1-11(2,12)9-6-16(14-13-9)7-10(17)15(3)8-4-5-8/h6,8H,4-5,7,12H2,1-3H3. The molecular formula is C11H19N5O. The number of hydrogen-bond donors (Lipinski definition) is 1. The molecule has 6 nitrogen and oxygen atoms in total. The first-order chi connectivity index (χ1) is 7.88. The van der Waals surface area contributed by atoms with Gasteiger partial charge < -0.3 is 10.6 Å². The van der Waals surface area contributed by atoms with Crippen LogP contribution in [-0.2, 0) is 16.9 Å². The van der Waals surface area contributed by atoms with E-state index in [0.717, 1.165) is 12.8 Å². The first-order valence-corrected chi connectivity index (χ1v) is 5.83. The van der Waals surface area contributed by atoms with Crippen molar-refractivity contribution in [1.29, 1.82) is 0 Å². The van der Waals surface area contributed by atoms with Crippen LogP contribution in [-0.4, -0.2) is 38.9 Å². The van der Waals surface area contributed by atoms with E-state index in [9.17, 15) is 4.79 Å². The third-order valence-corrected chi connectivity index (χ3v) is 2.98. The Morgan fingerprint density at radius 1 is 1.65 bits per heavy atom. The second-order valence-electron chi connectivity index (χ2n) is 5.26. The number of rotatable bonds is 4. The average Bonchev–Trinajstić information content (AvgIpc) is 2.96. The summed E-state index contributed by atoms with van der Waals surface area (Å²) in [6, 6.07) is 0.427. The number of carbonyl (C=O) groups is 1. The Hall–Kier alpha value is -1.43. The molecule has 1 saturated carbocycles. The highest BCUT2D eigenvalue weighted by Gasteiger charge is 2.29. The van der Waals surface area contributed by atoms with Crippen LogP contribution in [0.2, 0.25) is 0 Å². The molecule has 1 aliphatic carbocycles. The zero-order valence-electron chi connectivity index (χ0n) is 10.6. The molecule has 1 aromatic rings. The van der Waals surface area contributed by atoms with Gasteiger partial charge in [0, 0.05) is 13.1 Å². The van der Waals surface area contributed by atoms with Crippen molar-refractivity contribution in [2.24, 2.45) is 5.73 Å². The van der Waals surface area contributed by atoms with E-state index in [4.69, 9.17) is 5.73 Å². The number of amides is 1. The van der Waals surface area contributed by atoms with Gasteiger partial charge in [-0.15, -0.1) is 5.10 Å². The van der Waals surface area contributed by atoms with Crippen LogP contribution in [0.4, 0.5) is 0 Å². The topological polar surface area (TPSA) is 77.0 Å². The van der Waals surface area contributed by atoms with Crippen molar-refractivity contribution < 1.29 is 4.79 Å². The first-order valence-electron chi connectivity index (χ1n) is 5.83. The van der Waals surface area contributed by atoms with E-state index in [1.165, 1.54) is 0 Å². The Morgan fingerprint density at radius 2 is 2.29 bits per heavy atom. The van der Waals surface area contributed by atoms with Crippen molar-refractivity contribution in [2.75, 3.05) is 7.05 Å². The molecular weight excluding hydrogens is 218 g/mol. The third kappa shape index (κ3) is 2.82. The second-order valence-corrected chi connectivity index (χ2v) is 5.26. The zero-order chi connectivity index (χ0) is 12.6. The van der Waals surface area contributed by atoms with Crippen molar-refractivity contribution in [2.45, 2.75) is 44.8 Å². The van der Waals surface area contributed by atoms with Gasteiger partial charge in [-0.3, -0.25) is 4.79 Å². The molecule has 1 heterocycles. The number of nitrogens with zero attached hydrogens (tertiary/aromatic N) is 4. The van der Waals surface area contributed by atoms with Crippen molar-refractivity contribution in [3.8, 4) is 0 Å². The fourth-order valence-corrected chi connectivity index (χ4v) is 1.59. The van der Waals surface area contributed by atoms with Gasteiger partial charge in [-0.1, -0.05) is 5.21 Å². The number of hydrogen-bond acceptors (Lipinski definition) is 4. The molecule has 1 aromatic heterocycles. The SMILES string of the molecule is CN(C(=O)Cn1cc(C(C)(C)N)nn1)C1CC1. The van der Waals surface area contributed by atoms with Gasteiger partial charge in [0.05, 0.1) is 11.7 Å². The Bertz CT molecular complexity index is 416. The summed E-state index contributed by atoms with van der Waals surface area (Å²) < 4.78 is 1.55. The molecule has 0 bridgehead atoms. The van der Waals surface area contributed by atoms with Crippen molar-refractivity contribution in [1.82, 2.24) is 19.9 Å². The van der Waals surface area contributed by atoms with Crippen LogP contribution in [0.1, 0.15) is 32.4 Å². The molecule has 0 saturated heterocycles. The lowest BCUT2D eigenvalue weighted by Crippen LogP contribution is -2.32. The summed E-state index contributed by atoms with van der Waals surface area (Å²) in [6.07, 6.45) is 3.96. The summed E-state index contributed by atoms with van der Waals surface area (Å²) in [5, 5.41) is 7.90. The minimum atomic E-state index is -0.524. The zero-order valence-corrected chi connectivity index (χ0v) is 10.6. The van der Waals surface area contributed by atoms with E-state index in [1.54, 1.807) is 15.8 Å². The van der Waals surface area contributed by atoms with E-state index in [-0.39, 0.29) is 12.5 Å². The van der Waals surface area contributed by atoms with Gasteiger partial charge in [0.15, 0.2) is 0 Å². The number of aromatic nitrogens is 3. The van der Waals surface area contributed by atoms with E-state index in [0.29, 0.717) is 11.7 Å². The van der Waals surface area contributed by atoms with Gasteiger partial charge in [0.25, 0.3) is 0 Å². The number of nitrogens with two attached hydrogens (primary N) is 1. The van der Waals surface area contributed by atoms with Gasteiger partial charge in [-0.25, -0.2) is 4.68 Å². The summed E-state index contributed by atoms with van der Waals surface area (Å²) in [7, 11) is 1.84. The minimum absolute atomic E-state index is 0.0683. The van der Waals surface area contributed by atoms with Crippen LogP contribution in [0.3, 0.4) is 0 Å². The van der Waals surface area contributed by atoms with Crippen molar-refractivity contribution in [3.05, 3.63) is 11.9 Å². The molecule has 0 spiro atoms. The molecule has 0 aromatic carbocycles. The highest BCUT2D eigenvalue weighted by atomic mass is 16.2. The third-order valence-electron chi connectivity index (χ3n) is 2.98. The summed E-state index contributed by atoms with van der Waals surface area (Å²) in [6.45, 7) is 3.95. The van der Waals surface area contributed by atoms with Crippen LogP contribution in [0.5, 0.6) is 0 Å². The Labute approximate surface area is 101 Å². The number of likely N-dealkylation sites (N-methyl/N-ethyl adjacent to an activating group) is 1. The molecule has 17 heavy (non-hydrogen) atoms. The summed E-state index contributed by atoms with van der Waals surface area (Å²) in [4.78, 5) is 13.6. The van der Waals surface area contributed by atoms with Crippen LogP contribution in [0, 0.1) is 0 Å². The smallest absolute Gasteiger partial charge is 0.244 e. The molecule has 0 atom stereocenters. The molecule has 0 aliphatic heterocycles.